The van der Waals surface area contributed by atoms with E-state index in [9.17, 15) is 4.39 Å². The molecule has 0 spiro atoms. The fourth-order valence-corrected chi connectivity index (χ4v) is 4.86. The zero-order valence-electron chi connectivity index (χ0n) is 19.8. The average molecular weight is 570 g/mol. The van der Waals surface area contributed by atoms with Gasteiger partial charge in [0, 0.05) is 66.1 Å². The second-order valence-corrected chi connectivity index (χ2v) is 8.93. The SMILES string of the molecule is CN=C(NCCCN1CCN(c2ccccc2F)CC1)N1CCC(Cc2cnn(C)c2)C1.I. The van der Waals surface area contributed by atoms with Gasteiger partial charge < -0.3 is 15.1 Å². The highest BCUT2D eigenvalue weighted by atomic mass is 127. The van der Waals surface area contributed by atoms with Crippen molar-refractivity contribution in [2.24, 2.45) is 18.0 Å². The van der Waals surface area contributed by atoms with Crippen molar-refractivity contribution in [1.29, 1.82) is 0 Å². The standard InChI is InChI=1S/C24H36FN7.HI/c1-26-24(32-11-8-20(19-32)16-21-17-28-29(2)18-21)27-9-5-10-30-12-14-31(15-13-30)23-7-4-3-6-22(23)25;/h3-4,6-7,17-18,20H,5,8-16,19H2,1-2H3,(H,26,27);1H. The van der Waals surface area contributed by atoms with Crippen molar-refractivity contribution >= 4 is 35.6 Å². The van der Waals surface area contributed by atoms with Crippen LogP contribution in [0, 0.1) is 11.7 Å². The molecular weight excluding hydrogens is 532 g/mol. The van der Waals surface area contributed by atoms with E-state index in [1.54, 1.807) is 12.1 Å². The molecule has 182 valence electrons. The Hall–Kier alpha value is -1.88. The van der Waals surface area contributed by atoms with Crippen LogP contribution < -0.4 is 10.2 Å². The minimum Gasteiger partial charge on any atom is -0.367 e. The first-order chi connectivity index (χ1) is 15.6. The molecule has 1 aromatic heterocycles. The molecule has 2 aliphatic rings. The first-order valence-corrected chi connectivity index (χ1v) is 11.8. The van der Waals surface area contributed by atoms with Crippen LogP contribution in [-0.4, -0.2) is 84.9 Å². The van der Waals surface area contributed by atoms with Gasteiger partial charge in [-0.3, -0.25) is 14.6 Å². The molecule has 0 radical (unpaired) electrons. The normalized spacial score (nSPS) is 19.6. The molecule has 3 heterocycles. The molecule has 7 nitrogen and oxygen atoms in total. The summed E-state index contributed by atoms with van der Waals surface area (Å²) in [6, 6.07) is 7.08. The molecule has 2 aromatic rings. The number of aryl methyl sites for hydroxylation is 1. The number of piperazine rings is 1. The Bertz CT molecular complexity index is 894. The number of rotatable bonds is 7. The number of anilines is 1. The van der Waals surface area contributed by atoms with Gasteiger partial charge in [-0.15, -0.1) is 24.0 Å². The lowest BCUT2D eigenvalue weighted by Crippen LogP contribution is -2.47. The zero-order valence-corrected chi connectivity index (χ0v) is 22.1. The third-order valence-electron chi connectivity index (χ3n) is 6.58. The molecule has 2 saturated heterocycles. The van der Waals surface area contributed by atoms with E-state index in [0.29, 0.717) is 5.92 Å². The topological polar surface area (TPSA) is 51.9 Å². The molecule has 1 unspecified atom stereocenters. The van der Waals surface area contributed by atoms with Gasteiger partial charge in [-0.05, 0) is 49.4 Å². The molecule has 1 atom stereocenters. The van der Waals surface area contributed by atoms with Crippen LogP contribution >= 0.6 is 24.0 Å². The Morgan fingerprint density at radius 2 is 1.97 bits per heavy atom. The number of nitrogens with zero attached hydrogens (tertiary/aromatic N) is 6. The number of aliphatic imine (C=N–C) groups is 1. The summed E-state index contributed by atoms with van der Waals surface area (Å²) in [5.41, 5.74) is 2.04. The van der Waals surface area contributed by atoms with E-state index >= 15 is 0 Å². The summed E-state index contributed by atoms with van der Waals surface area (Å²) in [6.07, 6.45) is 7.45. The average Bonchev–Trinajstić information content (AvgIpc) is 3.44. The van der Waals surface area contributed by atoms with Crippen LogP contribution in [0.2, 0.25) is 0 Å². The molecule has 0 saturated carbocycles. The first kappa shape index (κ1) is 25.7. The number of halogens is 2. The smallest absolute Gasteiger partial charge is 0.193 e. The van der Waals surface area contributed by atoms with Gasteiger partial charge in [0.15, 0.2) is 5.96 Å². The van der Waals surface area contributed by atoms with Gasteiger partial charge >= 0.3 is 0 Å². The number of likely N-dealkylation sites (tertiary alicyclic amines) is 1. The second kappa shape index (κ2) is 12.5. The van der Waals surface area contributed by atoms with Gasteiger partial charge in [0.05, 0.1) is 11.9 Å². The van der Waals surface area contributed by atoms with Crippen molar-refractivity contribution in [2.75, 3.05) is 64.3 Å². The molecule has 0 bridgehead atoms. The minimum absolute atomic E-state index is 0. The van der Waals surface area contributed by atoms with Crippen LogP contribution in [0.1, 0.15) is 18.4 Å². The monoisotopic (exact) mass is 569 g/mol. The third-order valence-corrected chi connectivity index (χ3v) is 6.58. The Morgan fingerprint density at radius 3 is 2.67 bits per heavy atom. The van der Waals surface area contributed by atoms with Crippen molar-refractivity contribution < 1.29 is 4.39 Å². The molecule has 0 aliphatic carbocycles. The van der Waals surface area contributed by atoms with E-state index in [1.165, 1.54) is 12.0 Å². The number of para-hydroxylation sites is 1. The van der Waals surface area contributed by atoms with E-state index in [-0.39, 0.29) is 29.8 Å². The molecule has 33 heavy (non-hydrogen) atoms. The number of guanidine groups is 1. The van der Waals surface area contributed by atoms with E-state index in [1.807, 2.05) is 37.1 Å². The van der Waals surface area contributed by atoms with Crippen molar-refractivity contribution in [3.05, 3.63) is 48.0 Å². The maximum absolute atomic E-state index is 14.0. The van der Waals surface area contributed by atoms with Crippen LogP contribution in [0.25, 0.3) is 0 Å². The Labute approximate surface area is 214 Å². The van der Waals surface area contributed by atoms with Gasteiger partial charge in [0.2, 0.25) is 0 Å². The lowest BCUT2D eigenvalue weighted by Gasteiger charge is -2.36. The summed E-state index contributed by atoms with van der Waals surface area (Å²) in [5, 5.41) is 7.84. The number of benzene rings is 1. The highest BCUT2D eigenvalue weighted by Gasteiger charge is 2.25. The fourth-order valence-electron chi connectivity index (χ4n) is 4.86. The van der Waals surface area contributed by atoms with Crippen LogP contribution in [-0.2, 0) is 13.5 Å². The lowest BCUT2D eigenvalue weighted by molar-refractivity contribution is 0.254. The molecule has 0 amide bonds. The Morgan fingerprint density at radius 1 is 1.18 bits per heavy atom. The van der Waals surface area contributed by atoms with Crippen LogP contribution in [0.15, 0.2) is 41.7 Å². The van der Waals surface area contributed by atoms with Crippen molar-refractivity contribution in [3.8, 4) is 0 Å². The van der Waals surface area contributed by atoms with Crippen LogP contribution in [0.4, 0.5) is 10.1 Å². The Balaban J connectivity index is 0.00000306. The quantitative estimate of drug-likeness (QED) is 0.241. The largest absolute Gasteiger partial charge is 0.367 e. The van der Waals surface area contributed by atoms with Gasteiger partial charge in [0.1, 0.15) is 5.82 Å². The highest BCUT2D eigenvalue weighted by Crippen LogP contribution is 2.21. The molecule has 1 aromatic carbocycles. The van der Waals surface area contributed by atoms with Gasteiger partial charge in [-0.2, -0.15) is 5.10 Å². The molecule has 9 heteroatoms. The van der Waals surface area contributed by atoms with Crippen LogP contribution in [0.5, 0.6) is 0 Å². The summed E-state index contributed by atoms with van der Waals surface area (Å²) < 4.78 is 15.9. The van der Waals surface area contributed by atoms with Gasteiger partial charge in [-0.25, -0.2) is 4.39 Å². The number of nitrogens with one attached hydrogen (secondary N) is 1. The van der Waals surface area contributed by atoms with E-state index in [0.717, 1.165) is 76.8 Å². The predicted octanol–water partition coefficient (Wildman–Crippen LogP) is 2.83. The maximum atomic E-state index is 14.0. The number of hydrogen-bond donors (Lipinski definition) is 1. The van der Waals surface area contributed by atoms with E-state index < -0.39 is 0 Å². The van der Waals surface area contributed by atoms with Crippen molar-refractivity contribution in [2.45, 2.75) is 19.3 Å². The summed E-state index contributed by atoms with van der Waals surface area (Å²) in [7, 11) is 3.85. The van der Waals surface area contributed by atoms with Crippen molar-refractivity contribution in [1.82, 2.24) is 24.9 Å². The number of hydrogen-bond acceptors (Lipinski definition) is 4. The molecule has 4 rings (SSSR count). The Kier molecular flexibility index (Phi) is 9.78. The van der Waals surface area contributed by atoms with Gasteiger partial charge in [0.25, 0.3) is 0 Å². The minimum atomic E-state index is -0.124. The first-order valence-electron chi connectivity index (χ1n) is 11.8. The summed E-state index contributed by atoms with van der Waals surface area (Å²) >= 11 is 0. The highest BCUT2D eigenvalue weighted by molar-refractivity contribution is 14.0. The molecule has 2 fully saturated rings. The second-order valence-electron chi connectivity index (χ2n) is 8.93. The van der Waals surface area contributed by atoms with Gasteiger partial charge in [-0.1, -0.05) is 12.1 Å². The lowest BCUT2D eigenvalue weighted by atomic mass is 10.0. The maximum Gasteiger partial charge on any atom is 0.193 e. The summed E-state index contributed by atoms with van der Waals surface area (Å²) in [5.74, 6) is 1.55. The van der Waals surface area contributed by atoms with E-state index in [2.05, 4.69) is 36.3 Å². The number of aromatic nitrogens is 2. The fraction of sp³-hybridized carbons (Fsp3) is 0.583. The third kappa shape index (κ3) is 7.05. The van der Waals surface area contributed by atoms with Crippen molar-refractivity contribution in [3.63, 3.8) is 0 Å². The molecule has 2 aliphatic heterocycles. The van der Waals surface area contributed by atoms with Crippen LogP contribution in [0.3, 0.4) is 0 Å². The zero-order chi connectivity index (χ0) is 22.3. The van der Waals surface area contributed by atoms with E-state index in [4.69, 9.17) is 0 Å². The molecule has 1 N–H and O–H groups in total. The summed E-state index contributed by atoms with van der Waals surface area (Å²) in [6.45, 7) is 7.79. The summed E-state index contributed by atoms with van der Waals surface area (Å²) in [4.78, 5) is 11.5. The predicted molar refractivity (Wildman–Crippen MR) is 143 cm³/mol. The molecular formula is C24H37FIN7.